The molecular weight excluding hydrogens is 268 g/mol. The highest BCUT2D eigenvalue weighted by atomic mass is 79.9. The van der Waals surface area contributed by atoms with E-state index in [1.54, 1.807) is 6.20 Å². The molecule has 3 nitrogen and oxygen atoms in total. The lowest BCUT2D eigenvalue weighted by molar-refractivity contribution is 0.0299. The van der Waals surface area contributed by atoms with Crippen molar-refractivity contribution >= 4 is 15.9 Å². The van der Waals surface area contributed by atoms with Crippen LogP contribution in [0.4, 0.5) is 0 Å². The fourth-order valence-electron chi connectivity index (χ4n) is 2.53. The number of aliphatic hydroxyl groups is 1. The monoisotopic (exact) mass is 284 g/mol. The molecule has 2 rings (SSSR count). The van der Waals surface area contributed by atoms with Gasteiger partial charge in [-0.3, -0.25) is 4.98 Å². The van der Waals surface area contributed by atoms with Gasteiger partial charge in [-0.25, -0.2) is 0 Å². The standard InChI is InChI=1S/C12H17BrN2O/c13-9-3-4-10(15-7-9)11(16)12(8-14)5-1-2-6-12/h3-4,7,11,16H,1-2,5-6,8,14H2. The summed E-state index contributed by atoms with van der Waals surface area (Å²) in [7, 11) is 0. The molecule has 0 spiro atoms. The molecule has 0 aromatic carbocycles. The van der Waals surface area contributed by atoms with Crippen molar-refractivity contribution in [1.29, 1.82) is 0 Å². The maximum absolute atomic E-state index is 10.4. The van der Waals surface area contributed by atoms with E-state index < -0.39 is 6.10 Å². The summed E-state index contributed by atoms with van der Waals surface area (Å²) in [6.07, 6.45) is 5.51. The molecule has 1 unspecified atom stereocenters. The van der Waals surface area contributed by atoms with Crippen molar-refractivity contribution in [1.82, 2.24) is 4.98 Å². The number of nitrogens with zero attached hydrogens (tertiary/aromatic N) is 1. The van der Waals surface area contributed by atoms with Crippen LogP contribution in [0.2, 0.25) is 0 Å². The number of nitrogens with two attached hydrogens (primary N) is 1. The smallest absolute Gasteiger partial charge is 0.103 e. The minimum absolute atomic E-state index is 0.152. The van der Waals surface area contributed by atoms with Crippen molar-refractivity contribution < 1.29 is 5.11 Å². The Balaban J connectivity index is 2.23. The van der Waals surface area contributed by atoms with E-state index in [9.17, 15) is 5.11 Å². The third-order valence-corrected chi connectivity index (χ3v) is 4.09. The Hall–Kier alpha value is -0.450. The molecular formula is C12H17BrN2O. The molecule has 16 heavy (non-hydrogen) atoms. The van der Waals surface area contributed by atoms with Crippen LogP contribution in [0.3, 0.4) is 0 Å². The van der Waals surface area contributed by atoms with Crippen LogP contribution in [-0.4, -0.2) is 16.6 Å². The topological polar surface area (TPSA) is 59.1 Å². The fourth-order valence-corrected chi connectivity index (χ4v) is 2.77. The molecule has 1 aliphatic rings. The number of rotatable bonds is 3. The molecule has 0 aliphatic heterocycles. The summed E-state index contributed by atoms with van der Waals surface area (Å²) >= 11 is 3.34. The molecule has 1 heterocycles. The number of pyridine rings is 1. The van der Waals surface area contributed by atoms with Crippen LogP contribution < -0.4 is 5.73 Å². The maximum atomic E-state index is 10.4. The van der Waals surface area contributed by atoms with Gasteiger partial charge in [-0.05, 0) is 40.9 Å². The van der Waals surface area contributed by atoms with Crippen molar-refractivity contribution in [3.05, 3.63) is 28.5 Å². The summed E-state index contributed by atoms with van der Waals surface area (Å²) in [5, 5.41) is 10.4. The summed E-state index contributed by atoms with van der Waals surface area (Å²) < 4.78 is 0.927. The van der Waals surface area contributed by atoms with E-state index >= 15 is 0 Å². The van der Waals surface area contributed by atoms with Gasteiger partial charge >= 0.3 is 0 Å². The van der Waals surface area contributed by atoms with Crippen molar-refractivity contribution in [2.24, 2.45) is 11.1 Å². The Kier molecular flexibility index (Phi) is 3.62. The average Bonchev–Trinajstić information content (AvgIpc) is 2.79. The fraction of sp³-hybridized carbons (Fsp3) is 0.583. The van der Waals surface area contributed by atoms with E-state index in [1.165, 1.54) is 0 Å². The largest absolute Gasteiger partial charge is 0.386 e. The summed E-state index contributed by atoms with van der Waals surface area (Å²) in [4.78, 5) is 4.26. The van der Waals surface area contributed by atoms with E-state index in [2.05, 4.69) is 20.9 Å². The lowest BCUT2D eigenvalue weighted by Gasteiger charge is -2.32. The van der Waals surface area contributed by atoms with Crippen molar-refractivity contribution in [3.8, 4) is 0 Å². The van der Waals surface area contributed by atoms with E-state index in [-0.39, 0.29) is 5.41 Å². The second-order valence-electron chi connectivity index (χ2n) is 4.58. The highest BCUT2D eigenvalue weighted by Gasteiger charge is 2.40. The first kappa shape index (κ1) is 12.0. The van der Waals surface area contributed by atoms with Crippen molar-refractivity contribution in [2.45, 2.75) is 31.8 Å². The number of aliphatic hydroxyl groups excluding tert-OH is 1. The molecule has 1 aromatic rings. The first-order chi connectivity index (χ1) is 7.68. The van der Waals surface area contributed by atoms with Gasteiger partial charge in [0.2, 0.25) is 0 Å². The van der Waals surface area contributed by atoms with E-state index in [0.717, 1.165) is 35.8 Å². The molecule has 1 fully saturated rings. The third-order valence-electron chi connectivity index (χ3n) is 3.62. The lowest BCUT2D eigenvalue weighted by atomic mass is 9.79. The van der Waals surface area contributed by atoms with E-state index in [0.29, 0.717) is 6.54 Å². The molecule has 88 valence electrons. The van der Waals surface area contributed by atoms with E-state index in [1.807, 2.05) is 12.1 Å². The summed E-state index contributed by atoms with van der Waals surface area (Å²) in [5.41, 5.74) is 6.42. The maximum Gasteiger partial charge on any atom is 0.103 e. The van der Waals surface area contributed by atoms with Gasteiger partial charge in [0.25, 0.3) is 0 Å². The summed E-state index contributed by atoms with van der Waals surface area (Å²) in [6.45, 7) is 0.534. The highest BCUT2D eigenvalue weighted by molar-refractivity contribution is 9.10. The predicted molar refractivity (Wildman–Crippen MR) is 66.9 cm³/mol. The third kappa shape index (κ3) is 2.14. The molecule has 0 bridgehead atoms. The van der Waals surface area contributed by atoms with Crippen LogP contribution in [0.25, 0.3) is 0 Å². The van der Waals surface area contributed by atoms with E-state index in [4.69, 9.17) is 5.73 Å². The first-order valence-electron chi connectivity index (χ1n) is 5.67. The Morgan fingerprint density at radius 1 is 1.44 bits per heavy atom. The molecule has 1 aliphatic carbocycles. The Labute approximate surface area is 104 Å². The Morgan fingerprint density at radius 2 is 2.12 bits per heavy atom. The Morgan fingerprint density at radius 3 is 2.62 bits per heavy atom. The van der Waals surface area contributed by atoms with Gasteiger partial charge in [0.1, 0.15) is 6.10 Å². The number of hydrogen-bond acceptors (Lipinski definition) is 3. The zero-order valence-corrected chi connectivity index (χ0v) is 10.8. The van der Waals surface area contributed by atoms with Crippen LogP contribution in [-0.2, 0) is 0 Å². The Bertz CT molecular complexity index is 347. The lowest BCUT2D eigenvalue weighted by Crippen LogP contribution is -2.34. The van der Waals surface area contributed by atoms with Gasteiger partial charge in [0, 0.05) is 22.6 Å². The van der Waals surface area contributed by atoms with Crippen LogP contribution in [0.15, 0.2) is 22.8 Å². The number of halogens is 1. The molecule has 0 saturated heterocycles. The molecule has 1 atom stereocenters. The zero-order valence-electron chi connectivity index (χ0n) is 9.19. The van der Waals surface area contributed by atoms with Crippen LogP contribution >= 0.6 is 15.9 Å². The van der Waals surface area contributed by atoms with Crippen LogP contribution in [0.5, 0.6) is 0 Å². The van der Waals surface area contributed by atoms with Crippen molar-refractivity contribution in [3.63, 3.8) is 0 Å². The van der Waals surface area contributed by atoms with Crippen LogP contribution in [0, 0.1) is 5.41 Å². The molecule has 4 heteroatoms. The predicted octanol–water partition coefficient (Wildman–Crippen LogP) is 2.40. The van der Waals surface area contributed by atoms with Gasteiger partial charge in [0.15, 0.2) is 0 Å². The normalized spacial score (nSPS) is 20.9. The number of hydrogen-bond donors (Lipinski definition) is 2. The first-order valence-corrected chi connectivity index (χ1v) is 6.47. The quantitative estimate of drug-likeness (QED) is 0.896. The van der Waals surface area contributed by atoms with Crippen molar-refractivity contribution in [2.75, 3.05) is 6.54 Å². The second kappa shape index (κ2) is 4.82. The van der Waals surface area contributed by atoms with Gasteiger partial charge < -0.3 is 10.8 Å². The molecule has 0 radical (unpaired) electrons. The van der Waals surface area contributed by atoms with Gasteiger partial charge in [-0.15, -0.1) is 0 Å². The molecule has 0 amide bonds. The van der Waals surface area contributed by atoms with Gasteiger partial charge in [-0.1, -0.05) is 12.8 Å². The average molecular weight is 285 g/mol. The number of aromatic nitrogens is 1. The minimum Gasteiger partial charge on any atom is -0.386 e. The van der Waals surface area contributed by atoms with Gasteiger partial charge in [-0.2, -0.15) is 0 Å². The van der Waals surface area contributed by atoms with Crippen LogP contribution in [0.1, 0.15) is 37.5 Å². The molecule has 3 N–H and O–H groups in total. The molecule has 1 aromatic heterocycles. The van der Waals surface area contributed by atoms with Gasteiger partial charge in [0.05, 0.1) is 5.69 Å². The summed E-state index contributed by atoms with van der Waals surface area (Å²) in [6, 6.07) is 3.77. The zero-order chi connectivity index (χ0) is 11.6. The highest BCUT2D eigenvalue weighted by Crippen LogP contribution is 2.46. The second-order valence-corrected chi connectivity index (χ2v) is 5.49. The minimum atomic E-state index is -0.534. The molecule has 1 saturated carbocycles. The SMILES string of the molecule is NCC1(C(O)c2ccc(Br)cn2)CCCC1. The summed E-state index contributed by atoms with van der Waals surface area (Å²) in [5.74, 6) is 0.